The predicted molar refractivity (Wildman–Crippen MR) is 118 cm³/mol. The normalized spacial score (nSPS) is 15.8. The number of aryl methyl sites for hydroxylation is 2. The van der Waals surface area contributed by atoms with Crippen LogP contribution >= 0.6 is 0 Å². The lowest BCUT2D eigenvalue weighted by molar-refractivity contribution is -0.153. The van der Waals surface area contributed by atoms with Gasteiger partial charge in [0.15, 0.2) is 6.10 Å². The Bertz CT molecular complexity index is 1040. The number of carbonyl (C=O) groups excluding carboxylic acids is 2. The average molecular weight is 464 g/mol. The minimum absolute atomic E-state index is 0.101. The summed E-state index contributed by atoms with van der Waals surface area (Å²) in [6.45, 7) is 6.12. The summed E-state index contributed by atoms with van der Waals surface area (Å²) in [5.41, 5.74) is 2.01. The molecule has 3 rings (SSSR count). The SMILES string of the molecule is Cc1noc(C)c1CCC(=O)OC(C)C(=O)Nc1ccc(S(=O)(=O)N2CCCCC2)cc1. The second-order valence-electron chi connectivity index (χ2n) is 7.91. The summed E-state index contributed by atoms with van der Waals surface area (Å²) in [4.78, 5) is 24.7. The molecule has 1 fully saturated rings. The maximum absolute atomic E-state index is 12.7. The lowest BCUT2D eigenvalue weighted by atomic mass is 10.1. The molecular formula is C22H29N3O6S. The quantitative estimate of drug-likeness (QED) is 0.598. The first-order chi connectivity index (χ1) is 15.2. The number of nitrogens with one attached hydrogen (secondary N) is 1. The van der Waals surface area contributed by atoms with Crippen molar-refractivity contribution in [3.05, 3.63) is 41.3 Å². The van der Waals surface area contributed by atoms with Crippen LogP contribution in [0.4, 0.5) is 5.69 Å². The topological polar surface area (TPSA) is 119 Å². The molecular weight excluding hydrogens is 434 g/mol. The molecule has 2 aromatic rings. The zero-order valence-electron chi connectivity index (χ0n) is 18.6. The fourth-order valence-corrected chi connectivity index (χ4v) is 5.12. The second-order valence-corrected chi connectivity index (χ2v) is 9.85. The van der Waals surface area contributed by atoms with Crippen LogP contribution in [0.25, 0.3) is 0 Å². The predicted octanol–water partition coefficient (Wildman–Crippen LogP) is 2.97. The number of piperidine rings is 1. The van der Waals surface area contributed by atoms with Gasteiger partial charge in [0.25, 0.3) is 5.91 Å². The number of rotatable bonds is 8. The Hall–Kier alpha value is -2.72. The van der Waals surface area contributed by atoms with Gasteiger partial charge in [-0.2, -0.15) is 4.31 Å². The first-order valence-corrected chi connectivity index (χ1v) is 12.1. The molecule has 1 aromatic heterocycles. The largest absolute Gasteiger partial charge is 0.453 e. The standard InChI is InChI=1S/C22H29N3O6S/c1-15-20(16(2)31-24-15)11-12-21(26)30-17(3)22(27)23-18-7-9-19(10-8-18)32(28,29)25-13-5-4-6-14-25/h7-10,17H,4-6,11-14H2,1-3H3,(H,23,27). The van der Waals surface area contributed by atoms with Crippen LogP contribution in [0.5, 0.6) is 0 Å². The maximum atomic E-state index is 12.7. The molecule has 2 heterocycles. The van der Waals surface area contributed by atoms with Gasteiger partial charge in [-0.25, -0.2) is 8.42 Å². The third-order valence-corrected chi connectivity index (χ3v) is 7.43. The van der Waals surface area contributed by atoms with Gasteiger partial charge in [-0.3, -0.25) is 9.59 Å². The maximum Gasteiger partial charge on any atom is 0.306 e. The van der Waals surface area contributed by atoms with Gasteiger partial charge in [-0.05, 0) is 64.3 Å². The highest BCUT2D eigenvalue weighted by atomic mass is 32.2. The van der Waals surface area contributed by atoms with Gasteiger partial charge in [-0.1, -0.05) is 11.6 Å². The number of benzene rings is 1. The number of aromatic nitrogens is 1. The second kappa shape index (κ2) is 10.3. The number of hydrogen-bond donors (Lipinski definition) is 1. The molecule has 10 heteroatoms. The van der Waals surface area contributed by atoms with E-state index in [0.717, 1.165) is 30.5 Å². The minimum Gasteiger partial charge on any atom is -0.453 e. The Morgan fingerprint density at radius 1 is 1.16 bits per heavy atom. The molecule has 0 bridgehead atoms. The molecule has 1 unspecified atom stereocenters. The van der Waals surface area contributed by atoms with Crippen molar-refractivity contribution in [2.75, 3.05) is 18.4 Å². The van der Waals surface area contributed by atoms with Gasteiger partial charge in [0.05, 0.1) is 10.6 Å². The van der Waals surface area contributed by atoms with E-state index in [2.05, 4.69) is 10.5 Å². The molecule has 0 saturated carbocycles. The van der Waals surface area contributed by atoms with Crippen molar-refractivity contribution < 1.29 is 27.3 Å². The number of ether oxygens (including phenoxy) is 1. The van der Waals surface area contributed by atoms with Crippen molar-refractivity contribution in [3.63, 3.8) is 0 Å². The highest BCUT2D eigenvalue weighted by molar-refractivity contribution is 7.89. The van der Waals surface area contributed by atoms with E-state index in [1.165, 1.54) is 35.5 Å². The highest BCUT2D eigenvalue weighted by Gasteiger charge is 2.26. The molecule has 1 saturated heterocycles. The third kappa shape index (κ3) is 5.74. The summed E-state index contributed by atoms with van der Waals surface area (Å²) in [5.74, 6) is -0.343. The fourth-order valence-electron chi connectivity index (χ4n) is 3.60. The summed E-state index contributed by atoms with van der Waals surface area (Å²) in [7, 11) is -3.53. The molecule has 1 N–H and O–H groups in total. The third-order valence-electron chi connectivity index (χ3n) is 5.51. The minimum atomic E-state index is -3.53. The Morgan fingerprint density at radius 2 is 1.81 bits per heavy atom. The highest BCUT2D eigenvalue weighted by Crippen LogP contribution is 2.22. The van der Waals surface area contributed by atoms with Crippen LogP contribution in [0.15, 0.2) is 33.7 Å². The number of amides is 1. The Kier molecular flexibility index (Phi) is 7.68. The smallest absolute Gasteiger partial charge is 0.306 e. The average Bonchev–Trinajstić information content (AvgIpc) is 3.10. The zero-order chi connectivity index (χ0) is 23.3. The molecule has 1 atom stereocenters. The van der Waals surface area contributed by atoms with E-state index < -0.39 is 28.0 Å². The number of sulfonamides is 1. The van der Waals surface area contributed by atoms with Gasteiger partial charge in [0.2, 0.25) is 10.0 Å². The van der Waals surface area contributed by atoms with Crippen LogP contribution < -0.4 is 5.32 Å². The van der Waals surface area contributed by atoms with Crippen molar-refractivity contribution in [3.8, 4) is 0 Å². The van der Waals surface area contributed by atoms with Crippen molar-refractivity contribution in [1.82, 2.24) is 9.46 Å². The molecule has 174 valence electrons. The van der Waals surface area contributed by atoms with E-state index in [1.54, 1.807) is 13.8 Å². The van der Waals surface area contributed by atoms with Gasteiger partial charge in [0, 0.05) is 30.8 Å². The van der Waals surface area contributed by atoms with Crippen molar-refractivity contribution in [2.45, 2.75) is 63.9 Å². The van der Waals surface area contributed by atoms with Crippen LogP contribution in [0.1, 0.15) is 49.6 Å². The fraction of sp³-hybridized carbons (Fsp3) is 0.500. The molecule has 0 radical (unpaired) electrons. The lowest BCUT2D eigenvalue weighted by Crippen LogP contribution is -2.35. The van der Waals surface area contributed by atoms with E-state index in [1.807, 2.05) is 0 Å². The molecule has 1 aliphatic rings. The summed E-state index contributed by atoms with van der Waals surface area (Å²) in [5, 5.41) is 6.49. The van der Waals surface area contributed by atoms with Crippen LogP contribution in [0.2, 0.25) is 0 Å². The molecule has 1 aromatic carbocycles. The van der Waals surface area contributed by atoms with E-state index >= 15 is 0 Å². The molecule has 0 aliphatic carbocycles. The van der Waals surface area contributed by atoms with Crippen molar-refractivity contribution >= 4 is 27.6 Å². The first-order valence-electron chi connectivity index (χ1n) is 10.7. The molecule has 1 amide bonds. The van der Waals surface area contributed by atoms with E-state index in [9.17, 15) is 18.0 Å². The Morgan fingerprint density at radius 3 is 2.41 bits per heavy atom. The lowest BCUT2D eigenvalue weighted by Gasteiger charge is -2.25. The number of anilines is 1. The first kappa shape index (κ1) is 23.9. The van der Waals surface area contributed by atoms with E-state index in [4.69, 9.17) is 9.26 Å². The Balaban J connectivity index is 1.51. The van der Waals surface area contributed by atoms with Gasteiger partial charge in [-0.15, -0.1) is 0 Å². The molecule has 0 spiro atoms. The summed E-state index contributed by atoms with van der Waals surface area (Å²) in [6.07, 6.45) is 2.29. The van der Waals surface area contributed by atoms with Crippen LogP contribution in [0, 0.1) is 13.8 Å². The van der Waals surface area contributed by atoms with Crippen LogP contribution in [0.3, 0.4) is 0 Å². The summed E-state index contributed by atoms with van der Waals surface area (Å²) >= 11 is 0. The number of hydrogen-bond acceptors (Lipinski definition) is 7. The van der Waals surface area contributed by atoms with Gasteiger partial charge >= 0.3 is 5.97 Å². The molecule has 32 heavy (non-hydrogen) atoms. The number of carbonyl (C=O) groups is 2. The van der Waals surface area contributed by atoms with Crippen molar-refractivity contribution in [2.24, 2.45) is 0 Å². The summed E-state index contributed by atoms with van der Waals surface area (Å²) in [6, 6.07) is 6.00. The monoisotopic (exact) mass is 463 g/mol. The van der Waals surface area contributed by atoms with Crippen LogP contribution in [-0.2, 0) is 30.8 Å². The summed E-state index contributed by atoms with van der Waals surface area (Å²) < 4.78 is 37.2. The Labute approximate surface area is 188 Å². The number of nitrogens with zero attached hydrogens (tertiary/aromatic N) is 2. The van der Waals surface area contributed by atoms with E-state index in [0.29, 0.717) is 31.0 Å². The van der Waals surface area contributed by atoms with Gasteiger partial charge < -0.3 is 14.6 Å². The molecule has 1 aliphatic heterocycles. The van der Waals surface area contributed by atoms with Gasteiger partial charge in [0.1, 0.15) is 5.76 Å². The van der Waals surface area contributed by atoms with Crippen molar-refractivity contribution in [1.29, 1.82) is 0 Å². The van der Waals surface area contributed by atoms with Crippen LogP contribution in [-0.4, -0.2) is 48.9 Å². The molecule has 9 nitrogen and oxygen atoms in total. The zero-order valence-corrected chi connectivity index (χ0v) is 19.4. The van der Waals surface area contributed by atoms with E-state index in [-0.39, 0.29) is 11.3 Å². The number of esters is 1.